The largest absolute Gasteiger partial charge is 0.457 e. The van der Waals surface area contributed by atoms with E-state index in [1.165, 1.54) is 24.3 Å². The van der Waals surface area contributed by atoms with Crippen molar-refractivity contribution in [3.05, 3.63) is 59.4 Å². The molecule has 0 aliphatic rings. The van der Waals surface area contributed by atoms with Gasteiger partial charge in [0.05, 0.1) is 5.56 Å². The van der Waals surface area contributed by atoms with Gasteiger partial charge >= 0.3 is 0 Å². The summed E-state index contributed by atoms with van der Waals surface area (Å²) in [6.07, 6.45) is 0. The van der Waals surface area contributed by atoms with Gasteiger partial charge in [0.1, 0.15) is 17.3 Å². The fourth-order valence-electron chi connectivity index (χ4n) is 1.77. The molecule has 0 saturated carbocycles. The van der Waals surface area contributed by atoms with Crippen molar-refractivity contribution in [2.24, 2.45) is 0 Å². The van der Waals surface area contributed by atoms with Crippen LogP contribution in [-0.4, -0.2) is 13.0 Å². The van der Waals surface area contributed by atoms with Crippen molar-refractivity contribution in [2.45, 2.75) is 6.92 Å². The predicted octanol–water partition coefficient (Wildman–Crippen LogP) is 3.29. The second-order valence-corrected chi connectivity index (χ2v) is 4.08. The number of carbonyl (C=O) groups is 1. The highest BCUT2D eigenvalue weighted by atomic mass is 19.1. The van der Waals surface area contributed by atoms with Crippen molar-refractivity contribution in [1.29, 1.82) is 0 Å². The van der Waals surface area contributed by atoms with E-state index < -0.39 is 0 Å². The monoisotopic (exact) mass is 259 g/mol. The number of halogens is 1. The molecule has 0 aliphatic heterocycles. The lowest BCUT2D eigenvalue weighted by Gasteiger charge is -2.12. The molecule has 0 aliphatic carbocycles. The summed E-state index contributed by atoms with van der Waals surface area (Å²) < 4.78 is 18.5. The van der Waals surface area contributed by atoms with Crippen LogP contribution in [-0.2, 0) is 0 Å². The van der Waals surface area contributed by atoms with Gasteiger partial charge in [-0.25, -0.2) is 4.39 Å². The summed E-state index contributed by atoms with van der Waals surface area (Å²) in [7, 11) is 1.57. The minimum absolute atomic E-state index is 0.213. The highest BCUT2D eigenvalue weighted by Gasteiger charge is 2.14. The van der Waals surface area contributed by atoms with Gasteiger partial charge in [-0.05, 0) is 42.8 Å². The smallest absolute Gasteiger partial charge is 0.255 e. The minimum atomic E-state index is -0.330. The van der Waals surface area contributed by atoms with Gasteiger partial charge in [-0.15, -0.1) is 0 Å². The van der Waals surface area contributed by atoms with Crippen LogP contribution < -0.4 is 10.1 Å². The van der Waals surface area contributed by atoms with Crippen molar-refractivity contribution in [2.75, 3.05) is 7.05 Å². The summed E-state index contributed by atoms with van der Waals surface area (Å²) in [6.45, 7) is 1.84. The van der Waals surface area contributed by atoms with E-state index in [4.69, 9.17) is 4.74 Å². The Bertz CT molecular complexity index is 594. The highest BCUT2D eigenvalue weighted by Crippen LogP contribution is 2.27. The lowest BCUT2D eigenvalue weighted by atomic mass is 10.1. The molecule has 2 aromatic rings. The lowest BCUT2D eigenvalue weighted by molar-refractivity contribution is 0.0960. The van der Waals surface area contributed by atoms with Crippen molar-refractivity contribution in [3.8, 4) is 11.5 Å². The first kappa shape index (κ1) is 13.1. The van der Waals surface area contributed by atoms with Crippen LogP contribution in [0, 0.1) is 12.7 Å². The second-order valence-electron chi connectivity index (χ2n) is 4.08. The highest BCUT2D eigenvalue weighted by molar-refractivity contribution is 5.98. The molecule has 0 unspecified atom stereocenters. The van der Waals surface area contributed by atoms with Crippen molar-refractivity contribution in [3.63, 3.8) is 0 Å². The minimum Gasteiger partial charge on any atom is -0.457 e. The molecule has 2 aromatic carbocycles. The Balaban J connectivity index is 2.37. The first-order valence-electron chi connectivity index (χ1n) is 5.87. The summed E-state index contributed by atoms with van der Waals surface area (Å²) in [4.78, 5) is 11.8. The second kappa shape index (κ2) is 5.52. The Morgan fingerprint density at radius 2 is 1.84 bits per heavy atom. The third kappa shape index (κ3) is 2.91. The van der Waals surface area contributed by atoms with E-state index >= 15 is 0 Å². The molecule has 0 saturated heterocycles. The number of benzene rings is 2. The zero-order valence-corrected chi connectivity index (χ0v) is 10.7. The third-order valence-electron chi connectivity index (χ3n) is 2.73. The van der Waals surface area contributed by atoms with Crippen LogP contribution in [0.15, 0.2) is 42.5 Å². The summed E-state index contributed by atoms with van der Waals surface area (Å²) in [5.41, 5.74) is 1.30. The fraction of sp³-hybridized carbons (Fsp3) is 0.133. The number of amides is 1. The molecule has 3 nitrogen and oxygen atoms in total. The lowest BCUT2D eigenvalue weighted by Crippen LogP contribution is -2.19. The Hall–Kier alpha value is -2.36. The zero-order chi connectivity index (χ0) is 13.8. The normalized spacial score (nSPS) is 10.1. The maximum Gasteiger partial charge on any atom is 0.255 e. The molecule has 0 fully saturated rings. The SMILES string of the molecule is CNC(=O)c1c(C)cccc1Oc1ccc(F)cc1. The Labute approximate surface area is 111 Å². The molecular weight excluding hydrogens is 245 g/mol. The van der Waals surface area contributed by atoms with Crippen LogP contribution in [0.25, 0.3) is 0 Å². The van der Waals surface area contributed by atoms with Gasteiger partial charge in [-0.1, -0.05) is 12.1 Å². The number of carbonyl (C=O) groups excluding carboxylic acids is 1. The van der Waals surface area contributed by atoms with E-state index in [0.717, 1.165) is 5.56 Å². The molecule has 0 spiro atoms. The molecule has 0 radical (unpaired) electrons. The molecule has 4 heteroatoms. The number of ether oxygens (including phenoxy) is 1. The summed E-state index contributed by atoms with van der Waals surface area (Å²) >= 11 is 0. The maximum absolute atomic E-state index is 12.8. The molecule has 0 heterocycles. The zero-order valence-electron chi connectivity index (χ0n) is 10.7. The van der Waals surface area contributed by atoms with Gasteiger partial charge < -0.3 is 10.1 Å². The number of rotatable bonds is 3. The molecule has 1 N–H and O–H groups in total. The van der Waals surface area contributed by atoms with Crippen LogP contribution in [0.5, 0.6) is 11.5 Å². The molecule has 0 bridgehead atoms. The average Bonchev–Trinajstić information content (AvgIpc) is 2.41. The van der Waals surface area contributed by atoms with Gasteiger partial charge in [0.15, 0.2) is 0 Å². The Morgan fingerprint density at radius 3 is 2.47 bits per heavy atom. The molecule has 98 valence electrons. The maximum atomic E-state index is 12.8. The number of aryl methyl sites for hydroxylation is 1. The average molecular weight is 259 g/mol. The van der Waals surface area contributed by atoms with E-state index in [0.29, 0.717) is 17.1 Å². The van der Waals surface area contributed by atoms with Gasteiger partial charge in [-0.3, -0.25) is 4.79 Å². The standard InChI is InChI=1S/C15H14FNO2/c1-10-4-3-5-13(14(10)15(18)17-2)19-12-8-6-11(16)7-9-12/h3-9H,1-2H3,(H,17,18). The van der Waals surface area contributed by atoms with Crippen molar-refractivity contribution < 1.29 is 13.9 Å². The molecule has 19 heavy (non-hydrogen) atoms. The van der Waals surface area contributed by atoms with Gasteiger partial charge in [0, 0.05) is 7.05 Å². The van der Waals surface area contributed by atoms with E-state index in [1.807, 2.05) is 13.0 Å². The fourth-order valence-corrected chi connectivity index (χ4v) is 1.77. The quantitative estimate of drug-likeness (QED) is 0.918. The third-order valence-corrected chi connectivity index (χ3v) is 2.73. The van der Waals surface area contributed by atoms with E-state index in [1.54, 1.807) is 19.2 Å². The Morgan fingerprint density at radius 1 is 1.16 bits per heavy atom. The van der Waals surface area contributed by atoms with Crippen LogP contribution >= 0.6 is 0 Å². The number of hydrogen-bond acceptors (Lipinski definition) is 2. The van der Waals surface area contributed by atoms with Crippen molar-refractivity contribution in [1.82, 2.24) is 5.32 Å². The first-order chi connectivity index (χ1) is 9.11. The predicted molar refractivity (Wildman–Crippen MR) is 71.0 cm³/mol. The number of hydrogen-bond donors (Lipinski definition) is 1. The van der Waals surface area contributed by atoms with Gasteiger partial charge in [0.25, 0.3) is 5.91 Å². The van der Waals surface area contributed by atoms with Crippen molar-refractivity contribution >= 4 is 5.91 Å². The summed E-state index contributed by atoms with van der Waals surface area (Å²) in [5.74, 6) is 0.390. The Kier molecular flexibility index (Phi) is 3.80. The van der Waals surface area contributed by atoms with E-state index in [-0.39, 0.29) is 11.7 Å². The molecular formula is C15H14FNO2. The topological polar surface area (TPSA) is 38.3 Å². The summed E-state index contributed by atoms with van der Waals surface area (Å²) in [5, 5.41) is 2.58. The molecule has 2 rings (SSSR count). The van der Waals surface area contributed by atoms with Crippen LogP contribution in [0.3, 0.4) is 0 Å². The van der Waals surface area contributed by atoms with E-state index in [9.17, 15) is 9.18 Å². The van der Waals surface area contributed by atoms with Crippen LogP contribution in [0.4, 0.5) is 4.39 Å². The van der Waals surface area contributed by atoms with Gasteiger partial charge in [-0.2, -0.15) is 0 Å². The molecule has 0 aromatic heterocycles. The molecule has 0 atom stereocenters. The van der Waals surface area contributed by atoms with Crippen LogP contribution in [0.2, 0.25) is 0 Å². The van der Waals surface area contributed by atoms with E-state index in [2.05, 4.69) is 5.32 Å². The summed E-state index contributed by atoms with van der Waals surface area (Å²) in [6, 6.07) is 11.0. The molecule has 1 amide bonds. The van der Waals surface area contributed by atoms with Crippen LogP contribution in [0.1, 0.15) is 15.9 Å². The number of nitrogens with one attached hydrogen (secondary N) is 1. The van der Waals surface area contributed by atoms with Gasteiger partial charge in [0.2, 0.25) is 0 Å². The first-order valence-corrected chi connectivity index (χ1v) is 5.87.